The van der Waals surface area contributed by atoms with E-state index in [1.807, 2.05) is 25.3 Å². The van der Waals surface area contributed by atoms with Crippen LogP contribution in [0.5, 0.6) is 5.75 Å². The van der Waals surface area contributed by atoms with E-state index in [-0.39, 0.29) is 0 Å². The first-order chi connectivity index (χ1) is 11.8. The second kappa shape index (κ2) is 6.82. The highest BCUT2D eigenvalue weighted by molar-refractivity contribution is 7.97. The summed E-state index contributed by atoms with van der Waals surface area (Å²) in [4.78, 5) is 7.55. The van der Waals surface area contributed by atoms with Crippen LogP contribution in [0.25, 0.3) is 16.6 Å². The number of H-pyrrole nitrogens is 1. The number of rotatable bonds is 4. The highest BCUT2D eigenvalue weighted by Crippen LogP contribution is 2.44. The summed E-state index contributed by atoms with van der Waals surface area (Å²) in [6, 6.07) is 2.05. The van der Waals surface area contributed by atoms with Gasteiger partial charge in [-0.15, -0.1) is 0 Å². The molecule has 1 fully saturated rings. The lowest BCUT2D eigenvalue weighted by Gasteiger charge is -2.32. The summed E-state index contributed by atoms with van der Waals surface area (Å²) >= 11 is 1.81. The van der Waals surface area contributed by atoms with Gasteiger partial charge in [-0.1, -0.05) is 11.9 Å². The number of pyridine rings is 1. The molecule has 0 radical (unpaired) electrons. The van der Waals surface area contributed by atoms with E-state index in [0.717, 1.165) is 22.5 Å². The molecule has 0 amide bonds. The summed E-state index contributed by atoms with van der Waals surface area (Å²) in [7, 11) is 1.11. The summed E-state index contributed by atoms with van der Waals surface area (Å²) in [5, 5.41) is 11.2. The van der Waals surface area contributed by atoms with Crippen LogP contribution in [0, 0.1) is 11.8 Å². The number of nitrogens with zero attached hydrogens (tertiary/aromatic N) is 1. The molecule has 4 rings (SSSR count). The van der Waals surface area contributed by atoms with E-state index in [0.29, 0.717) is 11.7 Å². The third-order valence-electron chi connectivity index (χ3n) is 5.16. The minimum atomic E-state index is -0.872. The van der Waals surface area contributed by atoms with Crippen molar-refractivity contribution in [2.24, 2.45) is 11.8 Å². The fraction of sp³-hybridized carbons (Fsp3) is 0.471. The van der Waals surface area contributed by atoms with Gasteiger partial charge < -0.3 is 14.7 Å². The summed E-state index contributed by atoms with van der Waals surface area (Å²) in [6.45, 7) is 0. The molecule has 0 unspecified atom stereocenters. The van der Waals surface area contributed by atoms with Gasteiger partial charge in [0.05, 0.1) is 6.20 Å². The van der Waals surface area contributed by atoms with Gasteiger partial charge >= 0.3 is 7.12 Å². The van der Waals surface area contributed by atoms with E-state index < -0.39 is 7.12 Å². The van der Waals surface area contributed by atoms with Crippen molar-refractivity contribution in [3.8, 4) is 5.75 Å². The van der Waals surface area contributed by atoms with Gasteiger partial charge in [0, 0.05) is 22.9 Å². The Bertz CT molecular complexity index is 755. The van der Waals surface area contributed by atoms with Crippen molar-refractivity contribution >= 4 is 35.7 Å². The number of hydrogen-bond donors (Lipinski definition) is 3. The highest BCUT2D eigenvalue weighted by Gasteiger charge is 2.32. The first-order valence-electron chi connectivity index (χ1n) is 8.57. The van der Waals surface area contributed by atoms with Gasteiger partial charge in [0.2, 0.25) is 0 Å². The van der Waals surface area contributed by atoms with Crippen molar-refractivity contribution in [1.82, 2.24) is 14.7 Å². The molecule has 1 aliphatic carbocycles. The standard InChI is InChI=1S/C17H22BN3O2S/c1-19-24-10-11-2-4-12(5-3-11)14-8-18(22)23-15-9-21-17-13(16(14)15)6-7-20-17/h6-9,11-12,19,22H,2-5,10H2,1H3,(H,20,21). The molecule has 5 nitrogen and oxygen atoms in total. The van der Waals surface area contributed by atoms with E-state index in [1.54, 1.807) is 18.1 Å². The molecule has 1 aliphatic heterocycles. The molecule has 0 atom stereocenters. The van der Waals surface area contributed by atoms with Crippen LogP contribution in [-0.4, -0.2) is 34.9 Å². The van der Waals surface area contributed by atoms with Crippen molar-refractivity contribution in [2.75, 3.05) is 12.8 Å². The van der Waals surface area contributed by atoms with Crippen LogP contribution in [0.15, 0.2) is 24.4 Å². The number of aromatic amines is 1. The Morgan fingerprint density at radius 3 is 3.04 bits per heavy atom. The van der Waals surface area contributed by atoms with Crippen LogP contribution in [0.4, 0.5) is 0 Å². The molecule has 126 valence electrons. The molecule has 0 aromatic carbocycles. The Morgan fingerprint density at radius 2 is 2.25 bits per heavy atom. The Balaban J connectivity index is 1.61. The summed E-state index contributed by atoms with van der Waals surface area (Å²) in [6.07, 6.45) is 8.45. The normalized spacial score (nSPS) is 23.8. The van der Waals surface area contributed by atoms with E-state index in [4.69, 9.17) is 4.65 Å². The van der Waals surface area contributed by atoms with Gasteiger partial charge in [0.1, 0.15) is 11.4 Å². The maximum atomic E-state index is 10.1. The van der Waals surface area contributed by atoms with E-state index in [1.165, 1.54) is 37.0 Å². The molecular formula is C17H22BN3O2S. The predicted molar refractivity (Wildman–Crippen MR) is 99.6 cm³/mol. The Kier molecular flexibility index (Phi) is 4.56. The van der Waals surface area contributed by atoms with E-state index >= 15 is 0 Å². The zero-order chi connectivity index (χ0) is 16.5. The maximum Gasteiger partial charge on any atom is 0.552 e. The van der Waals surface area contributed by atoms with Gasteiger partial charge in [0.25, 0.3) is 0 Å². The molecule has 3 heterocycles. The fourth-order valence-corrected chi connectivity index (χ4v) is 4.69. The molecular weight excluding hydrogens is 321 g/mol. The van der Waals surface area contributed by atoms with E-state index in [2.05, 4.69) is 14.7 Å². The number of aromatic nitrogens is 2. The SMILES string of the molecule is CNSCC1CCC(C2=CB(O)Oc3cnc4[nH]ccc4c32)CC1. The number of hydrogen-bond acceptors (Lipinski definition) is 5. The third-order valence-corrected chi connectivity index (χ3v) is 6.09. The molecule has 24 heavy (non-hydrogen) atoms. The lowest BCUT2D eigenvalue weighted by molar-refractivity contribution is 0.340. The summed E-state index contributed by atoms with van der Waals surface area (Å²) in [5.74, 6) is 5.03. The minimum absolute atomic E-state index is 0.485. The van der Waals surface area contributed by atoms with E-state index in [9.17, 15) is 5.02 Å². The van der Waals surface area contributed by atoms with Crippen LogP contribution < -0.4 is 9.38 Å². The van der Waals surface area contributed by atoms with Crippen molar-refractivity contribution in [3.63, 3.8) is 0 Å². The van der Waals surface area contributed by atoms with Crippen LogP contribution in [0.3, 0.4) is 0 Å². The van der Waals surface area contributed by atoms with Crippen molar-refractivity contribution in [3.05, 3.63) is 30.0 Å². The molecule has 2 aliphatic rings. The first kappa shape index (κ1) is 16.1. The second-order valence-corrected chi connectivity index (χ2v) is 7.63. The lowest BCUT2D eigenvalue weighted by Crippen LogP contribution is -2.27. The zero-order valence-electron chi connectivity index (χ0n) is 13.8. The van der Waals surface area contributed by atoms with Crippen LogP contribution in [0.2, 0.25) is 0 Å². The molecule has 0 bridgehead atoms. The monoisotopic (exact) mass is 343 g/mol. The Labute approximate surface area is 146 Å². The third kappa shape index (κ3) is 2.96. The largest absolute Gasteiger partial charge is 0.552 e. The van der Waals surface area contributed by atoms with Gasteiger partial charge in [-0.25, -0.2) is 4.98 Å². The lowest BCUT2D eigenvalue weighted by atomic mass is 9.71. The first-order valence-corrected chi connectivity index (χ1v) is 9.56. The molecule has 3 N–H and O–H groups in total. The highest BCUT2D eigenvalue weighted by atomic mass is 32.2. The fourth-order valence-electron chi connectivity index (χ4n) is 3.96. The molecule has 2 aromatic heterocycles. The smallest absolute Gasteiger partial charge is 0.531 e. The zero-order valence-corrected chi connectivity index (χ0v) is 14.6. The number of nitrogens with one attached hydrogen (secondary N) is 2. The Hall–Kier alpha value is -1.44. The van der Waals surface area contributed by atoms with Crippen LogP contribution in [0.1, 0.15) is 31.2 Å². The van der Waals surface area contributed by atoms with Gasteiger partial charge in [-0.2, -0.15) is 0 Å². The van der Waals surface area contributed by atoms with Crippen LogP contribution in [-0.2, 0) is 0 Å². The van der Waals surface area contributed by atoms with Crippen molar-refractivity contribution in [2.45, 2.75) is 25.7 Å². The van der Waals surface area contributed by atoms with Gasteiger partial charge in [-0.05, 0) is 62.2 Å². The molecule has 0 saturated heterocycles. The Morgan fingerprint density at radius 1 is 1.42 bits per heavy atom. The van der Waals surface area contributed by atoms with Gasteiger partial charge in [-0.3, -0.25) is 4.72 Å². The van der Waals surface area contributed by atoms with Gasteiger partial charge in [0.15, 0.2) is 0 Å². The topological polar surface area (TPSA) is 70.2 Å². The average Bonchev–Trinajstić information content (AvgIpc) is 3.08. The quantitative estimate of drug-likeness (QED) is 0.588. The number of fused-ring (bicyclic) bond motifs is 3. The summed E-state index contributed by atoms with van der Waals surface area (Å²) in [5.41, 5.74) is 3.22. The second-order valence-electron chi connectivity index (χ2n) is 6.60. The van der Waals surface area contributed by atoms with Crippen LogP contribution >= 0.6 is 11.9 Å². The molecule has 0 spiro atoms. The minimum Gasteiger partial charge on any atom is -0.531 e. The molecule has 7 heteroatoms. The summed E-state index contributed by atoms with van der Waals surface area (Å²) < 4.78 is 8.77. The maximum absolute atomic E-state index is 10.1. The molecule has 1 saturated carbocycles. The average molecular weight is 343 g/mol. The molecule has 2 aromatic rings. The van der Waals surface area contributed by atoms with Crippen molar-refractivity contribution < 1.29 is 9.68 Å². The van der Waals surface area contributed by atoms with Crippen molar-refractivity contribution in [1.29, 1.82) is 0 Å². The number of allylic oxidation sites excluding steroid dienone is 1. The predicted octanol–water partition coefficient (Wildman–Crippen LogP) is 3.03.